The fourth-order valence-corrected chi connectivity index (χ4v) is 3.66. The van der Waals surface area contributed by atoms with Gasteiger partial charge in [0.15, 0.2) is 0 Å². The van der Waals surface area contributed by atoms with Gasteiger partial charge in [-0.25, -0.2) is 4.79 Å². The van der Waals surface area contributed by atoms with Crippen LogP contribution in [0.15, 0.2) is 0 Å². The topological polar surface area (TPSA) is 72.9 Å². The smallest absolute Gasteiger partial charge is 0.432 e. The summed E-state index contributed by atoms with van der Waals surface area (Å²) in [7, 11) is 0. The van der Waals surface area contributed by atoms with E-state index in [4.69, 9.17) is 4.74 Å². The monoisotopic (exact) mass is 295 g/mol. The van der Waals surface area contributed by atoms with Crippen molar-refractivity contribution in [1.29, 1.82) is 0 Å². The lowest BCUT2D eigenvalue weighted by Gasteiger charge is -2.12. The summed E-state index contributed by atoms with van der Waals surface area (Å²) in [5.74, 6) is 0.817. The predicted molar refractivity (Wildman–Crippen MR) is 71.7 cm³/mol. The van der Waals surface area contributed by atoms with Crippen LogP contribution in [-0.2, 0) is 19.2 Å². The first kappa shape index (κ1) is 14.4. The summed E-state index contributed by atoms with van der Waals surface area (Å²) in [6.45, 7) is 0.338. The van der Waals surface area contributed by atoms with Crippen LogP contribution in [0.4, 0.5) is 4.79 Å². The third-order valence-corrected chi connectivity index (χ3v) is 4.90. The molecular formula is C15H21NO5. The van der Waals surface area contributed by atoms with Crippen molar-refractivity contribution in [2.24, 2.45) is 17.8 Å². The van der Waals surface area contributed by atoms with Gasteiger partial charge < -0.3 is 4.74 Å². The number of ether oxygens (including phenoxy) is 1. The van der Waals surface area contributed by atoms with E-state index < -0.39 is 18.0 Å². The fraction of sp³-hybridized carbons (Fsp3) is 0.800. The summed E-state index contributed by atoms with van der Waals surface area (Å²) >= 11 is 0. The maximum Gasteiger partial charge on any atom is 0.533 e. The SMILES string of the molecule is O=C(OCC1[C@H]2CCCCCC[C@@H]12)ON1C(=O)CCC1=O. The van der Waals surface area contributed by atoms with Crippen molar-refractivity contribution in [1.82, 2.24) is 5.06 Å². The number of hydroxylamine groups is 2. The Balaban J connectivity index is 1.42. The Hall–Kier alpha value is -1.59. The zero-order chi connectivity index (χ0) is 14.8. The lowest BCUT2D eigenvalue weighted by atomic mass is 10.0. The lowest BCUT2D eigenvalue weighted by Crippen LogP contribution is -2.32. The Labute approximate surface area is 123 Å². The summed E-state index contributed by atoms with van der Waals surface area (Å²) in [4.78, 5) is 38.9. The van der Waals surface area contributed by atoms with Gasteiger partial charge in [0.1, 0.15) is 0 Å². The molecule has 2 aliphatic carbocycles. The van der Waals surface area contributed by atoms with Crippen LogP contribution in [0.2, 0.25) is 0 Å². The highest BCUT2D eigenvalue weighted by atomic mass is 16.8. The fourth-order valence-electron chi connectivity index (χ4n) is 3.66. The first-order chi connectivity index (χ1) is 10.2. The molecule has 3 aliphatic rings. The first-order valence-electron chi connectivity index (χ1n) is 7.87. The Morgan fingerprint density at radius 1 is 1.00 bits per heavy atom. The zero-order valence-electron chi connectivity index (χ0n) is 12.1. The van der Waals surface area contributed by atoms with E-state index in [1.54, 1.807) is 0 Å². The summed E-state index contributed by atoms with van der Waals surface area (Å²) < 4.78 is 5.09. The van der Waals surface area contributed by atoms with Crippen LogP contribution >= 0.6 is 0 Å². The number of carbonyl (C=O) groups is 3. The molecule has 0 N–H and O–H groups in total. The number of rotatable bonds is 3. The average molecular weight is 295 g/mol. The molecule has 0 spiro atoms. The van der Waals surface area contributed by atoms with Gasteiger partial charge in [-0.15, -0.1) is 0 Å². The molecule has 1 saturated heterocycles. The number of fused-ring (bicyclic) bond motifs is 1. The van der Waals surface area contributed by atoms with E-state index in [1.165, 1.54) is 38.5 Å². The van der Waals surface area contributed by atoms with Crippen LogP contribution < -0.4 is 0 Å². The summed E-state index contributed by atoms with van der Waals surface area (Å²) in [5, 5.41) is 0.526. The molecule has 1 unspecified atom stereocenters. The van der Waals surface area contributed by atoms with Gasteiger partial charge in [0.2, 0.25) is 0 Å². The minimum absolute atomic E-state index is 0.0961. The standard InChI is InChI=1S/C15H21NO5/c17-13-7-8-14(18)16(13)21-15(19)20-9-12-10-5-3-1-2-4-6-11(10)12/h10-12H,1-9H2/t10-,11+,12?. The van der Waals surface area contributed by atoms with E-state index in [1.807, 2.05) is 0 Å². The molecule has 2 saturated carbocycles. The molecule has 0 aromatic heterocycles. The summed E-state index contributed by atoms with van der Waals surface area (Å²) in [5.41, 5.74) is 0. The molecule has 3 rings (SSSR count). The van der Waals surface area contributed by atoms with Crippen LogP contribution in [0.1, 0.15) is 51.4 Å². The number of imide groups is 1. The number of hydrogen-bond donors (Lipinski definition) is 0. The second-order valence-corrected chi connectivity index (χ2v) is 6.22. The van der Waals surface area contributed by atoms with Crippen LogP contribution in [0.3, 0.4) is 0 Å². The van der Waals surface area contributed by atoms with Crippen molar-refractivity contribution in [3.63, 3.8) is 0 Å². The van der Waals surface area contributed by atoms with E-state index in [0.717, 1.165) is 0 Å². The number of nitrogens with zero attached hydrogens (tertiary/aromatic N) is 1. The summed E-state index contributed by atoms with van der Waals surface area (Å²) in [6, 6.07) is 0. The second kappa shape index (κ2) is 6.03. The quantitative estimate of drug-likeness (QED) is 0.590. The highest BCUT2D eigenvalue weighted by molar-refractivity contribution is 6.01. The molecule has 0 aromatic rings. The van der Waals surface area contributed by atoms with Gasteiger partial charge in [-0.1, -0.05) is 30.7 Å². The lowest BCUT2D eigenvalue weighted by molar-refractivity contribution is -0.177. The molecular weight excluding hydrogens is 274 g/mol. The largest absolute Gasteiger partial charge is 0.533 e. The van der Waals surface area contributed by atoms with Crippen molar-refractivity contribution in [3.8, 4) is 0 Å². The highest BCUT2D eigenvalue weighted by Crippen LogP contribution is 2.53. The van der Waals surface area contributed by atoms with Crippen LogP contribution in [0.25, 0.3) is 0 Å². The predicted octanol–water partition coefficient (Wildman–Crippen LogP) is 2.42. The number of carbonyl (C=O) groups excluding carboxylic acids is 3. The molecule has 116 valence electrons. The van der Waals surface area contributed by atoms with Crippen molar-refractivity contribution in [3.05, 3.63) is 0 Å². The average Bonchev–Trinajstić information content (AvgIpc) is 2.98. The first-order valence-corrected chi connectivity index (χ1v) is 7.87. The van der Waals surface area contributed by atoms with Gasteiger partial charge in [-0.3, -0.25) is 14.4 Å². The van der Waals surface area contributed by atoms with E-state index in [2.05, 4.69) is 4.84 Å². The third kappa shape index (κ3) is 3.19. The molecule has 1 aliphatic heterocycles. The molecule has 21 heavy (non-hydrogen) atoms. The zero-order valence-corrected chi connectivity index (χ0v) is 12.1. The molecule has 0 aromatic carbocycles. The van der Waals surface area contributed by atoms with E-state index in [0.29, 0.717) is 29.4 Å². The maximum absolute atomic E-state index is 11.6. The third-order valence-electron chi connectivity index (χ3n) is 4.90. The van der Waals surface area contributed by atoms with Crippen molar-refractivity contribution in [2.45, 2.75) is 51.4 Å². The molecule has 3 atom stereocenters. The molecule has 2 amide bonds. The minimum atomic E-state index is -0.946. The van der Waals surface area contributed by atoms with Crippen molar-refractivity contribution in [2.75, 3.05) is 6.61 Å². The molecule has 0 bridgehead atoms. The molecule has 0 radical (unpaired) electrons. The van der Waals surface area contributed by atoms with Gasteiger partial charge in [-0.05, 0) is 30.6 Å². The second-order valence-electron chi connectivity index (χ2n) is 6.22. The van der Waals surface area contributed by atoms with Crippen molar-refractivity contribution >= 4 is 18.0 Å². The Kier molecular flexibility index (Phi) is 4.12. The van der Waals surface area contributed by atoms with E-state index in [9.17, 15) is 14.4 Å². The Bertz CT molecular complexity index is 419. The number of amides is 2. The van der Waals surface area contributed by atoms with Gasteiger partial charge in [0.05, 0.1) is 6.61 Å². The van der Waals surface area contributed by atoms with Crippen LogP contribution in [0.5, 0.6) is 0 Å². The normalized spacial score (nSPS) is 32.2. The highest BCUT2D eigenvalue weighted by Gasteiger charge is 2.49. The van der Waals surface area contributed by atoms with E-state index >= 15 is 0 Å². The molecule has 1 heterocycles. The molecule has 3 fully saturated rings. The van der Waals surface area contributed by atoms with Crippen LogP contribution in [-0.4, -0.2) is 29.6 Å². The van der Waals surface area contributed by atoms with Gasteiger partial charge >= 0.3 is 6.16 Å². The molecule has 6 nitrogen and oxygen atoms in total. The summed E-state index contributed by atoms with van der Waals surface area (Å²) in [6.07, 6.45) is 6.82. The molecule has 6 heteroatoms. The number of hydrogen-bond acceptors (Lipinski definition) is 5. The van der Waals surface area contributed by atoms with Crippen LogP contribution in [0, 0.1) is 17.8 Å². The Morgan fingerprint density at radius 2 is 1.57 bits per heavy atom. The maximum atomic E-state index is 11.6. The minimum Gasteiger partial charge on any atom is -0.432 e. The van der Waals surface area contributed by atoms with E-state index in [-0.39, 0.29) is 12.8 Å². The van der Waals surface area contributed by atoms with Gasteiger partial charge in [0.25, 0.3) is 11.8 Å². The van der Waals surface area contributed by atoms with Gasteiger partial charge in [0, 0.05) is 12.8 Å². The Morgan fingerprint density at radius 3 is 2.14 bits per heavy atom. The van der Waals surface area contributed by atoms with Crippen molar-refractivity contribution < 1.29 is 24.0 Å². The van der Waals surface area contributed by atoms with Gasteiger partial charge in [-0.2, -0.15) is 0 Å².